The molecule has 8 rings (SSSR count). The van der Waals surface area contributed by atoms with E-state index in [0.29, 0.717) is 16.7 Å². The van der Waals surface area contributed by atoms with E-state index >= 15 is 0 Å². The summed E-state index contributed by atoms with van der Waals surface area (Å²) in [6.07, 6.45) is -0.847. The summed E-state index contributed by atoms with van der Waals surface area (Å²) in [4.78, 5) is 9.16. The molecule has 0 atom stereocenters. The summed E-state index contributed by atoms with van der Waals surface area (Å²) in [5.74, 6) is -0.150. The average molecular weight is 557 g/mol. The molecule has 3 heteroatoms. The van der Waals surface area contributed by atoms with Crippen LogP contribution in [0.25, 0.3) is 71.8 Å². The van der Waals surface area contributed by atoms with Gasteiger partial charge in [-0.15, -0.1) is 0 Å². The summed E-state index contributed by atoms with van der Waals surface area (Å²) in [6, 6.07) is 46.4. The number of aryl methyl sites for hydroxylation is 1. The summed E-state index contributed by atoms with van der Waals surface area (Å²) >= 11 is 0. The Hall–Kier alpha value is -5.54. The SMILES string of the molecule is [2H]C([2H])([2H])C([2H])([2H])c1nc2ccccc2n1-c1ccc(-c2c3ccccc3c(-c3ccccc3-c3ccccn3)c3ccccc23)cc1. The van der Waals surface area contributed by atoms with Gasteiger partial charge in [-0.25, -0.2) is 4.98 Å². The molecule has 2 aromatic heterocycles. The zero-order chi connectivity index (χ0) is 33.0. The summed E-state index contributed by atoms with van der Waals surface area (Å²) in [5, 5.41) is 4.43. The van der Waals surface area contributed by atoms with E-state index < -0.39 is 13.2 Å². The lowest BCUT2D eigenvalue weighted by atomic mass is 9.84. The molecule has 8 aromatic rings. The van der Waals surface area contributed by atoms with E-state index in [1.165, 1.54) is 0 Å². The van der Waals surface area contributed by atoms with Crippen LogP contribution in [0.15, 0.2) is 146 Å². The van der Waals surface area contributed by atoms with Gasteiger partial charge < -0.3 is 0 Å². The fourth-order valence-electron chi connectivity index (χ4n) is 6.32. The van der Waals surface area contributed by atoms with Gasteiger partial charge in [-0.2, -0.15) is 0 Å². The van der Waals surface area contributed by atoms with Gasteiger partial charge in [0.1, 0.15) is 5.82 Å². The fraction of sp³-hybridized carbons (Fsp3) is 0.0500. The lowest BCUT2D eigenvalue weighted by Crippen LogP contribution is -2.00. The molecule has 0 unspecified atom stereocenters. The lowest BCUT2D eigenvalue weighted by molar-refractivity contribution is 0.908. The summed E-state index contributed by atoms with van der Waals surface area (Å²) in [5.41, 5.74) is 8.09. The number of rotatable bonds is 5. The minimum atomic E-state index is -2.90. The number of fused-ring (bicyclic) bond motifs is 3. The van der Waals surface area contributed by atoms with Gasteiger partial charge in [0.25, 0.3) is 0 Å². The van der Waals surface area contributed by atoms with Crippen LogP contribution in [0.4, 0.5) is 0 Å². The third-order valence-electron chi connectivity index (χ3n) is 8.16. The Kier molecular flexibility index (Phi) is 4.91. The van der Waals surface area contributed by atoms with Crippen molar-refractivity contribution in [3.63, 3.8) is 0 Å². The highest BCUT2D eigenvalue weighted by atomic mass is 15.1. The van der Waals surface area contributed by atoms with Crippen LogP contribution in [0.1, 0.15) is 19.5 Å². The van der Waals surface area contributed by atoms with Crippen molar-refractivity contribution >= 4 is 32.6 Å². The Morgan fingerprint density at radius 3 is 1.88 bits per heavy atom. The second-order valence-corrected chi connectivity index (χ2v) is 10.5. The molecule has 0 fully saturated rings. The molecule has 3 nitrogen and oxygen atoms in total. The number of benzene rings is 6. The summed E-state index contributed by atoms with van der Waals surface area (Å²) < 4.78 is 42.6. The van der Waals surface area contributed by atoms with E-state index in [-0.39, 0.29) is 5.82 Å². The molecule has 0 aliphatic heterocycles. The second-order valence-electron chi connectivity index (χ2n) is 10.5. The van der Waals surface area contributed by atoms with Gasteiger partial charge in [0.05, 0.1) is 16.7 Å². The van der Waals surface area contributed by atoms with E-state index in [9.17, 15) is 0 Å². The predicted octanol–water partition coefficient (Wildman–Crippen LogP) is 10.3. The maximum atomic E-state index is 8.58. The Labute approximate surface area is 257 Å². The maximum Gasteiger partial charge on any atom is 0.114 e. The van der Waals surface area contributed by atoms with Crippen LogP contribution < -0.4 is 0 Å². The van der Waals surface area contributed by atoms with Crippen LogP contribution >= 0.6 is 0 Å². The van der Waals surface area contributed by atoms with Gasteiger partial charge in [0.15, 0.2) is 0 Å². The van der Waals surface area contributed by atoms with Crippen LogP contribution in [0.3, 0.4) is 0 Å². The molecule has 0 N–H and O–H groups in total. The highest BCUT2D eigenvalue weighted by Gasteiger charge is 2.19. The number of pyridine rings is 1. The molecule has 0 bridgehead atoms. The van der Waals surface area contributed by atoms with Crippen molar-refractivity contribution in [3.8, 4) is 39.2 Å². The number of imidazole rings is 1. The van der Waals surface area contributed by atoms with Crippen molar-refractivity contribution in [3.05, 3.63) is 152 Å². The van der Waals surface area contributed by atoms with Gasteiger partial charge in [0, 0.05) is 30.7 Å². The monoisotopic (exact) mass is 556 g/mol. The molecule has 0 amide bonds. The normalized spacial score (nSPS) is 13.8. The van der Waals surface area contributed by atoms with E-state index in [1.54, 1.807) is 10.6 Å². The zero-order valence-electron chi connectivity index (χ0n) is 28.2. The molecule has 2 heterocycles. The second kappa shape index (κ2) is 10.4. The molecular weight excluding hydrogens is 522 g/mol. The van der Waals surface area contributed by atoms with E-state index in [1.807, 2.05) is 72.9 Å². The van der Waals surface area contributed by atoms with Crippen LogP contribution in [-0.2, 0) is 6.37 Å². The van der Waals surface area contributed by atoms with Gasteiger partial charge in [-0.1, -0.05) is 110 Å². The molecule has 6 aromatic carbocycles. The fourth-order valence-corrected chi connectivity index (χ4v) is 6.32. The standard InChI is InChI=1S/C40H29N3/c1-2-38-42-36-20-9-10-21-37(36)43(38)28-24-22-27(23-25-28)39-31-15-5-7-17-33(31)40(34-18-8-6-16-32(34)39)30-14-4-3-13-29(30)35-19-11-12-26-41-35/h3-26H,2H2,1H3/i1D3,2D2. The maximum absolute atomic E-state index is 8.58. The third-order valence-corrected chi connectivity index (χ3v) is 8.16. The zero-order valence-corrected chi connectivity index (χ0v) is 23.2. The Morgan fingerprint density at radius 1 is 0.605 bits per heavy atom. The average Bonchev–Trinajstić information content (AvgIpc) is 3.51. The first kappa shape index (κ1) is 20.4. The molecule has 0 aliphatic rings. The summed E-state index contributed by atoms with van der Waals surface area (Å²) in [7, 11) is 0. The van der Waals surface area contributed by atoms with Crippen molar-refractivity contribution in [2.45, 2.75) is 13.2 Å². The molecule has 0 saturated carbocycles. The minimum absolute atomic E-state index is 0.150. The van der Waals surface area contributed by atoms with Crippen molar-refractivity contribution in [2.24, 2.45) is 0 Å². The van der Waals surface area contributed by atoms with Gasteiger partial charge >= 0.3 is 0 Å². The first-order chi connectivity index (χ1) is 23.2. The van der Waals surface area contributed by atoms with E-state index in [2.05, 4.69) is 76.7 Å². The summed E-state index contributed by atoms with van der Waals surface area (Å²) in [6.45, 7) is -2.90. The molecule has 0 radical (unpaired) electrons. The Balaban J connectivity index is 1.35. The minimum Gasteiger partial charge on any atom is -0.296 e. The molecule has 0 spiro atoms. The number of hydrogen-bond acceptors (Lipinski definition) is 2. The number of para-hydroxylation sites is 2. The highest BCUT2D eigenvalue weighted by Crippen LogP contribution is 2.45. The Bertz CT molecular complexity index is 2410. The third kappa shape index (κ3) is 4.12. The van der Waals surface area contributed by atoms with E-state index in [4.69, 9.17) is 6.85 Å². The van der Waals surface area contributed by atoms with E-state index in [0.717, 1.165) is 55.1 Å². The topological polar surface area (TPSA) is 30.7 Å². The number of aromatic nitrogens is 3. The van der Waals surface area contributed by atoms with Crippen molar-refractivity contribution in [1.82, 2.24) is 14.5 Å². The van der Waals surface area contributed by atoms with Crippen molar-refractivity contribution in [2.75, 3.05) is 0 Å². The smallest absolute Gasteiger partial charge is 0.114 e. The number of hydrogen-bond donors (Lipinski definition) is 0. The molecule has 0 saturated heterocycles. The molecule has 0 aliphatic carbocycles. The number of nitrogens with zero attached hydrogens (tertiary/aromatic N) is 3. The van der Waals surface area contributed by atoms with Crippen LogP contribution in [0, 0.1) is 0 Å². The molecular formula is C40H29N3. The van der Waals surface area contributed by atoms with Crippen molar-refractivity contribution < 1.29 is 6.85 Å². The highest BCUT2D eigenvalue weighted by molar-refractivity contribution is 6.22. The Morgan fingerprint density at radius 2 is 1.21 bits per heavy atom. The predicted molar refractivity (Wildman–Crippen MR) is 180 cm³/mol. The quantitative estimate of drug-likeness (QED) is 0.197. The van der Waals surface area contributed by atoms with Crippen LogP contribution in [-0.4, -0.2) is 14.5 Å². The van der Waals surface area contributed by atoms with Gasteiger partial charge in [-0.05, 0) is 80.2 Å². The van der Waals surface area contributed by atoms with Crippen molar-refractivity contribution in [1.29, 1.82) is 0 Å². The van der Waals surface area contributed by atoms with Crippen LogP contribution in [0.5, 0.6) is 0 Å². The largest absolute Gasteiger partial charge is 0.296 e. The first-order valence-electron chi connectivity index (χ1n) is 16.8. The van der Waals surface area contributed by atoms with Gasteiger partial charge in [-0.3, -0.25) is 9.55 Å². The molecule has 43 heavy (non-hydrogen) atoms. The molecule has 204 valence electrons. The van der Waals surface area contributed by atoms with Gasteiger partial charge in [0.2, 0.25) is 0 Å². The lowest BCUT2D eigenvalue weighted by Gasteiger charge is -2.19. The first-order valence-corrected chi connectivity index (χ1v) is 14.3. The van der Waals surface area contributed by atoms with Crippen LogP contribution in [0.2, 0.25) is 0 Å².